The number of aromatic amines is 1. The van der Waals surface area contributed by atoms with Gasteiger partial charge in [0.15, 0.2) is 23.6 Å². The summed E-state index contributed by atoms with van der Waals surface area (Å²) in [5.74, 6) is 0.157. The summed E-state index contributed by atoms with van der Waals surface area (Å²) in [6.45, 7) is -1.49. The number of hydrogen-bond acceptors (Lipinski definition) is 15. The van der Waals surface area contributed by atoms with Crippen molar-refractivity contribution in [3.05, 3.63) is 41.6 Å². The molecule has 0 radical (unpaired) electrons. The van der Waals surface area contributed by atoms with Crippen molar-refractivity contribution >= 4 is 43.9 Å². The minimum Gasteiger partial charge on any atom is -0.394 e. The van der Waals surface area contributed by atoms with Crippen LogP contribution in [0.25, 0.3) is 22.2 Å². The van der Waals surface area contributed by atoms with E-state index in [9.17, 15) is 39.0 Å². The molecular weight excluding hydrogens is 618 g/mol. The number of nitrogens with zero attached hydrogens (tertiary/aromatic N) is 6. The number of nitrogens with one attached hydrogen (secondary N) is 1. The van der Waals surface area contributed by atoms with Crippen LogP contribution in [0.4, 0.5) is 5.82 Å². The number of H-pyrrole nitrogens is 1. The van der Waals surface area contributed by atoms with E-state index in [2.05, 4.69) is 24.9 Å². The minimum absolute atomic E-state index is 0.0282. The second-order valence-corrected chi connectivity index (χ2v) is 12.5. The molecule has 0 aliphatic carbocycles. The van der Waals surface area contributed by atoms with Crippen molar-refractivity contribution in [1.29, 1.82) is 0 Å². The van der Waals surface area contributed by atoms with E-state index in [0.717, 1.165) is 17.2 Å². The normalized spacial score (nSPS) is 31.6. The standard InChI is InChI=1S/C21H26N8O12P2/c22-16-8-1-2-28(17(8)24-5-23-16)20-13(32)14(41-42(34)35)10(40-20)4-38-43(36,37)15-12(31)9(3-30)39-21(15)29-7-27-11-18(29)25-6-26-19(11)33/h1-2,5-7,9-10,12-15,20-21,30-32,42H,3-4H2,(H,34,35)(H,36,37)(H2,22,23,24)(H,25,26,33)/t9-,10-,12-,13-,14-,15-,20-,21-/m1/s1. The third kappa shape index (κ3) is 5.19. The lowest BCUT2D eigenvalue weighted by Gasteiger charge is -2.27. The SMILES string of the molecule is Nc1ncnc2c1ccn2[C@@H]1O[C@H](COP(=O)(O)[C@@H]2[C@H](O)[C@@H](CO)O[C@H]2n2cnc3c(=O)[nH]cnc32)[C@@H](O[PH](=O)O)[C@H]1O. The van der Waals surface area contributed by atoms with Crippen LogP contribution in [0.2, 0.25) is 0 Å². The summed E-state index contributed by atoms with van der Waals surface area (Å²) in [4.78, 5) is 51.1. The zero-order chi connectivity index (χ0) is 30.6. The highest BCUT2D eigenvalue weighted by molar-refractivity contribution is 7.53. The summed E-state index contributed by atoms with van der Waals surface area (Å²) in [6, 6.07) is 1.57. The summed E-state index contributed by atoms with van der Waals surface area (Å²) in [6.07, 6.45) is -5.33. The summed E-state index contributed by atoms with van der Waals surface area (Å²) in [5.41, 5.74) is 3.69. The zero-order valence-electron chi connectivity index (χ0n) is 21.7. The smallest absolute Gasteiger partial charge is 0.338 e. The molecule has 0 spiro atoms. The molecule has 10 atom stereocenters. The van der Waals surface area contributed by atoms with E-state index >= 15 is 0 Å². The van der Waals surface area contributed by atoms with Gasteiger partial charge in [0.1, 0.15) is 54.0 Å². The van der Waals surface area contributed by atoms with Crippen molar-refractivity contribution in [2.75, 3.05) is 18.9 Å². The van der Waals surface area contributed by atoms with E-state index in [1.165, 1.54) is 17.1 Å². The van der Waals surface area contributed by atoms with Gasteiger partial charge in [-0.15, -0.1) is 0 Å². The molecule has 0 aromatic carbocycles. The van der Waals surface area contributed by atoms with Crippen LogP contribution in [0.3, 0.4) is 0 Å². The molecule has 2 aliphatic heterocycles. The van der Waals surface area contributed by atoms with E-state index in [-0.39, 0.29) is 22.6 Å². The number of imidazole rings is 1. The minimum atomic E-state index is -4.93. The predicted molar refractivity (Wildman–Crippen MR) is 143 cm³/mol. The number of anilines is 1. The van der Waals surface area contributed by atoms with Gasteiger partial charge < -0.3 is 58.9 Å². The highest BCUT2D eigenvalue weighted by Gasteiger charge is 2.56. The summed E-state index contributed by atoms with van der Waals surface area (Å²) < 4.78 is 49.8. The Morgan fingerprint density at radius 1 is 1.09 bits per heavy atom. The second kappa shape index (κ2) is 11.4. The molecule has 6 rings (SSSR count). The Balaban J connectivity index is 1.28. The topological polar surface area (TPSA) is 293 Å². The maximum absolute atomic E-state index is 13.7. The molecular formula is C21H26N8O12P2. The number of aliphatic hydroxyl groups excluding tert-OH is 3. The predicted octanol–water partition coefficient (Wildman–Crippen LogP) is -2.01. The van der Waals surface area contributed by atoms with Crippen LogP contribution in [0.1, 0.15) is 12.5 Å². The lowest BCUT2D eigenvalue weighted by molar-refractivity contribution is -0.0488. The molecule has 8 N–H and O–H groups in total. The largest absolute Gasteiger partial charge is 0.394 e. The third-order valence-electron chi connectivity index (χ3n) is 7.32. The van der Waals surface area contributed by atoms with Crippen LogP contribution < -0.4 is 11.3 Å². The van der Waals surface area contributed by atoms with Crippen LogP contribution >= 0.6 is 15.9 Å². The van der Waals surface area contributed by atoms with Gasteiger partial charge in [-0.25, -0.2) is 19.9 Å². The van der Waals surface area contributed by atoms with E-state index in [4.69, 9.17) is 24.3 Å². The van der Waals surface area contributed by atoms with Crippen molar-refractivity contribution in [3.63, 3.8) is 0 Å². The maximum atomic E-state index is 13.7. The summed E-state index contributed by atoms with van der Waals surface area (Å²) in [7, 11) is -8.57. The van der Waals surface area contributed by atoms with Crippen molar-refractivity contribution in [2.24, 2.45) is 0 Å². The van der Waals surface area contributed by atoms with Gasteiger partial charge in [-0.1, -0.05) is 0 Å². The van der Waals surface area contributed by atoms with Crippen LogP contribution in [-0.2, 0) is 27.7 Å². The first-order chi connectivity index (χ1) is 20.5. The number of hydrogen-bond donors (Lipinski definition) is 7. The molecule has 20 nitrogen and oxygen atoms in total. The molecule has 2 fully saturated rings. The Morgan fingerprint density at radius 3 is 2.60 bits per heavy atom. The van der Waals surface area contributed by atoms with Crippen LogP contribution in [0, 0.1) is 0 Å². The zero-order valence-corrected chi connectivity index (χ0v) is 23.6. The number of fused-ring (bicyclic) bond motifs is 2. The quantitative estimate of drug-likeness (QED) is 0.0969. The first kappa shape index (κ1) is 29.9. The van der Waals surface area contributed by atoms with Gasteiger partial charge >= 0.3 is 15.9 Å². The highest BCUT2D eigenvalue weighted by atomic mass is 31.2. The monoisotopic (exact) mass is 644 g/mol. The van der Waals surface area contributed by atoms with E-state index in [1.807, 2.05) is 0 Å². The lowest BCUT2D eigenvalue weighted by Crippen LogP contribution is -2.37. The maximum Gasteiger partial charge on any atom is 0.338 e. The van der Waals surface area contributed by atoms with Gasteiger partial charge in [-0.05, 0) is 6.07 Å². The number of aliphatic hydroxyl groups is 3. The molecule has 22 heteroatoms. The number of ether oxygens (including phenoxy) is 2. The molecule has 0 saturated carbocycles. The number of rotatable bonds is 9. The van der Waals surface area contributed by atoms with E-state index in [1.54, 1.807) is 6.07 Å². The van der Waals surface area contributed by atoms with Crippen molar-refractivity contribution in [2.45, 2.75) is 48.6 Å². The molecule has 0 bridgehead atoms. The molecule has 43 heavy (non-hydrogen) atoms. The van der Waals surface area contributed by atoms with Gasteiger partial charge in [0, 0.05) is 6.20 Å². The van der Waals surface area contributed by atoms with Gasteiger partial charge in [0.25, 0.3) is 5.56 Å². The van der Waals surface area contributed by atoms with Crippen molar-refractivity contribution in [1.82, 2.24) is 34.1 Å². The molecule has 232 valence electrons. The van der Waals surface area contributed by atoms with Crippen LogP contribution in [-0.4, -0.2) is 109 Å². The van der Waals surface area contributed by atoms with E-state index < -0.39 is 83.3 Å². The number of nitrogens with two attached hydrogens (primary N) is 1. The summed E-state index contributed by atoms with van der Waals surface area (Å²) >= 11 is 0. The Hall–Kier alpha value is -3.13. The average Bonchev–Trinajstić information content (AvgIpc) is 3.72. The number of nitrogen functional groups attached to an aromatic ring is 1. The Labute approximate surface area is 240 Å². The molecule has 2 aliphatic rings. The van der Waals surface area contributed by atoms with Gasteiger partial charge in [0.05, 0.1) is 31.3 Å². The van der Waals surface area contributed by atoms with E-state index in [0.29, 0.717) is 5.39 Å². The molecule has 2 saturated heterocycles. The van der Waals surface area contributed by atoms with Crippen molar-refractivity contribution in [3.8, 4) is 0 Å². The first-order valence-corrected chi connectivity index (χ1v) is 15.5. The molecule has 6 heterocycles. The Morgan fingerprint density at radius 2 is 1.86 bits per heavy atom. The fourth-order valence-corrected chi connectivity index (χ4v) is 7.49. The molecule has 4 aromatic rings. The molecule has 0 amide bonds. The molecule has 4 aromatic heterocycles. The fraction of sp³-hybridized carbons (Fsp3) is 0.476. The van der Waals surface area contributed by atoms with Gasteiger partial charge in [-0.2, -0.15) is 0 Å². The Bertz CT molecular complexity index is 1780. The average molecular weight is 644 g/mol. The first-order valence-electron chi connectivity index (χ1n) is 12.6. The number of aromatic nitrogens is 7. The lowest BCUT2D eigenvalue weighted by atomic mass is 10.1. The van der Waals surface area contributed by atoms with Crippen LogP contribution in [0.5, 0.6) is 0 Å². The third-order valence-corrected chi connectivity index (χ3v) is 9.62. The van der Waals surface area contributed by atoms with Crippen LogP contribution in [0.15, 0.2) is 36.0 Å². The summed E-state index contributed by atoms with van der Waals surface area (Å²) in [5, 5.41) is 32.0. The second-order valence-electron chi connectivity index (χ2n) is 9.77. The van der Waals surface area contributed by atoms with Gasteiger partial charge in [-0.3, -0.25) is 18.5 Å². The fourth-order valence-electron chi connectivity index (χ4n) is 5.32. The highest BCUT2D eigenvalue weighted by Crippen LogP contribution is 2.57. The van der Waals surface area contributed by atoms with Gasteiger partial charge in [0.2, 0.25) is 0 Å². The van der Waals surface area contributed by atoms with Crippen molar-refractivity contribution < 1.29 is 52.8 Å². The Kier molecular flexibility index (Phi) is 7.95. The molecule has 2 unspecified atom stereocenters.